The summed E-state index contributed by atoms with van der Waals surface area (Å²) < 4.78 is 0. The molecule has 12 heavy (non-hydrogen) atoms. The van der Waals surface area contributed by atoms with Gasteiger partial charge in [-0.2, -0.15) is 0 Å². The molecule has 0 aromatic carbocycles. The van der Waals surface area contributed by atoms with E-state index in [4.69, 9.17) is 0 Å². The van der Waals surface area contributed by atoms with Crippen molar-refractivity contribution in [3.63, 3.8) is 0 Å². The van der Waals surface area contributed by atoms with Gasteiger partial charge in [-0.15, -0.1) is 5.73 Å². The minimum Gasteiger partial charge on any atom is -0.393 e. The third-order valence-corrected chi connectivity index (χ3v) is 2.03. The Morgan fingerprint density at radius 2 is 2.00 bits per heavy atom. The predicted octanol–water partition coefficient (Wildman–Crippen LogP) is 2.90. The third kappa shape index (κ3) is 3.75. The molecule has 1 N–H and O–H groups in total. The average Bonchev–Trinajstić information content (AvgIpc) is 1.97. The molecule has 0 spiro atoms. The predicted molar refractivity (Wildman–Crippen MR) is 53.0 cm³/mol. The van der Waals surface area contributed by atoms with Crippen LogP contribution in [0, 0.1) is 5.41 Å². The Bertz CT molecular complexity index is 180. The monoisotopic (exact) mass is 168 g/mol. The van der Waals surface area contributed by atoms with E-state index in [-0.39, 0.29) is 11.5 Å². The lowest BCUT2D eigenvalue weighted by atomic mass is 9.83. The lowest BCUT2D eigenvalue weighted by Crippen LogP contribution is -2.15. The largest absolute Gasteiger partial charge is 0.393 e. The Morgan fingerprint density at radius 1 is 1.50 bits per heavy atom. The van der Waals surface area contributed by atoms with Gasteiger partial charge in [0.25, 0.3) is 0 Å². The number of aliphatic hydroxyl groups excluding tert-OH is 1. The van der Waals surface area contributed by atoms with Gasteiger partial charge in [-0.05, 0) is 17.4 Å². The zero-order chi connectivity index (χ0) is 9.78. The molecule has 0 amide bonds. The standard InChI is InChI=1S/C11H20O/c1-6-9(11(3,4)5)8-10(12)7-2/h10,12H,1,7-8H2,2-5H3. The van der Waals surface area contributed by atoms with Crippen molar-refractivity contribution in [3.8, 4) is 0 Å². The molecule has 0 aromatic heterocycles. The van der Waals surface area contributed by atoms with E-state index >= 15 is 0 Å². The molecule has 0 rings (SSSR count). The third-order valence-electron chi connectivity index (χ3n) is 2.03. The van der Waals surface area contributed by atoms with Crippen molar-refractivity contribution in [1.29, 1.82) is 0 Å². The van der Waals surface area contributed by atoms with Crippen LogP contribution in [0.2, 0.25) is 0 Å². The lowest BCUT2D eigenvalue weighted by molar-refractivity contribution is 0.164. The van der Waals surface area contributed by atoms with E-state index in [1.165, 1.54) is 0 Å². The first-order chi connectivity index (χ1) is 5.41. The first kappa shape index (κ1) is 11.5. The van der Waals surface area contributed by atoms with Gasteiger partial charge in [-0.25, -0.2) is 0 Å². The van der Waals surface area contributed by atoms with Crippen LogP contribution in [-0.2, 0) is 0 Å². The van der Waals surface area contributed by atoms with Crippen LogP contribution in [0.3, 0.4) is 0 Å². The first-order valence-corrected chi connectivity index (χ1v) is 4.49. The van der Waals surface area contributed by atoms with Gasteiger partial charge in [0.15, 0.2) is 0 Å². The molecule has 1 nitrogen and oxygen atoms in total. The highest BCUT2D eigenvalue weighted by atomic mass is 16.3. The number of rotatable bonds is 3. The SMILES string of the molecule is C=C=C(CC(O)CC)C(C)(C)C. The zero-order valence-corrected chi connectivity index (χ0v) is 8.65. The summed E-state index contributed by atoms with van der Waals surface area (Å²) in [5.74, 6) is 0. The van der Waals surface area contributed by atoms with Gasteiger partial charge in [-0.1, -0.05) is 34.3 Å². The first-order valence-electron chi connectivity index (χ1n) is 4.49. The fourth-order valence-electron chi connectivity index (χ4n) is 1.02. The van der Waals surface area contributed by atoms with E-state index in [0.717, 1.165) is 12.0 Å². The maximum absolute atomic E-state index is 9.43. The van der Waals surface area contributed by atoms with Crippen molar-refractivity contribution in [2.24, 2.45) is 5.41 Å². The van der Waals surface area contributed by atoms with E-state index in [9.17, 15) is 5.11 Å². The summed E-state index contributed by atoms with van der Waals surface area (Å²) in [4.78, 5) is 0. The molecule has 1 unspecified atom stereocenters. The molecule has 0 saturated heterocycles. The van der Waals surface area contributed by atoms with Gasteiger partial charge < -0.3 is 5.11 Å². The molecular weight excluding hydrogens is 148 g/mol. The summed E-state index contributed by atoms with van der Waals surface area (Å²) in [7, 11) is 0. The van der Waals surface area contributed by atoms with Crippen molar-refractivity contribution in [2.45, 2.75) is 46.6 Å². The quantitative estimate of drug-likeness (QED) is 0.642. The van der Waals surface area contributed by atoms with Crippen LogP contribution in [0.5, 0.6) is 0 Å². The second-order valence-corrected chi connectivity index (χ2v) is 4.17. The number of aliphatic hydroxyl groups is 1. The van der Waals surface area contributed by atoms with Crippen LogP contribution < -0.4 is 0 Å². The van der Waals surface area contributed by atoms with Crippen LogP contribution in [0.25, 0.3) is 0 Å². The Balaban J connectivity index is 4.32. The van der Waals surface area contributed by atoms with Crippen LogP contribution in [-0.4, -0.2) is 11.2 Å². The van der Waals surface area contributed by atoms with Gasteiger partial charge in [0, 0.05) is 6.42 Å². The summed E-state index contributed by atoms with van der Waals surface area (Å²) in [6, 6.07) is 0. The normalized spacial score (nSPS) is 13.8. The van der Waals surface area contributed by atoms with E-state index in [1.54, 1.807) is 0 Å². The zero-order valence-electron chi connectivity index (χ0n) is 8.65. The Labute approximate surface area is 75.8 Å². The Kier molecular flexibility index (Phi) is 4.30. The molecule has 0 heterocycles. The molecule has 0 aliphatic heterocycles. The molecule has 0 aliphatic rings. The molecule has 0 fully saturated rings. The number of hydrogen-bond acceptors (Lipinski definition) is 1. The fraction of sp³-hybridized carbons (Fsp3) is 0.727. The van der Waals surface area contributed by atoms with Crippen LogP contribution in [0.1, 0.15) is 40.5 Å². The van der Waals surface area contributed by atoms with Gasteiger partial charge in [0.05, 0.1) is 6.10 Å². The van der Waals surface area contributed by atoms with E-state index in [0.29, 0.717) is 6.42 Å². The van der Waals surface area contributed by atoms with Gasteiger partial charge in [0.1, 0.15) is 0 Å². The molecule has 0 saturated carbocycles. The Morgan fingerprint density at radius 3 is 2.25 bits per heavy atom. The second kappa shape index (κ2) is 4.49. The minimum atomic E-state index is -0.242. The fourth-order valence-corrected chi connectivity index (χ4v) is 1.02. The summed E-state index contributed by atoms with van der Waals surface area (Å²) in [5, 5.41) is 9.43. The van der Waals surface area contributed by atoms with E-state index in [2.05, 4.69) is 33.1 Å². The minimum absolute atomic E-state index is 0.0812. The maximum Gasteiger partial charge on any atom is 0.0581 e. The summed E-state index contributed by atoms with van der Waals surface area (Å²) in [6.07, 6.45) is 1.25. The van der Waals surface area contributed by atoms with Crippen molar-refractivity contribution in [3.05, 3.63) is 17.9 Å². The maximum atomic E-state index is 9.43. The molecule has 0 radical (unpaired) electrons. The molecule has 0 aliphatic carbocycles. The van der Waals surface area contributed by atoms with Crippen molar-refractivity contribution < 1.29 is 5.11 Å². The number of hydrogen-bond donors (Lipinski definition) is 1. The smallest absolute Gasteiger partial charge is 0.0581 e. The van der Waals surface area contributed by atoms with Gasteiger partial charge >= 0.3 is 0 Å². The van der Waals surface area contributed by atoms with Gasteiger partial charge in [-0.3, -0.25) is 0 Å². The van der Waals surface area contributed by atoms with Crippen LogP contribution in [0.4, 0.5) is 0 Å². The average molecular weight is 168 g/mol. The molecule has 0 bridgehead atoms. The Hall–Kier alpha value is -0.520. The van der Waals surface area contributed by atoms with E-state index < -0.39 is 0 Å². The summed E-state index contributed by atoms with van der Waals surface area (Å²) in [5.41, 5.74) is 4.10. The van der Waals surface area contributed by atoms with Crippen LogP contribution in [0.15, 0.2) is 17.9 Å². The van der Waals surface area contributed by atoms with E-state index in [1.807, 2.05) is 6.92 Å². The highest BCUT2D eigenvalue weighted by molar-refractivity contribution is 5.09. The summed E-state index contributed by atoms with van der Waals surface area (Å²) >= 11 is 0. The lowest BCUT2D eigenvalue weighted by Gasteiger charge is -2.22. The molecular formula is C11H20O. The van der Waals surface area contributed by atoms with Gasteiger partial charge in [0.2, 0.25) is 0 Å². The van der Waals surface area contributed by atoms with Crippen molar-refractivity contribution in [1.82, 2.24) is 0 Å². The second-order valence-electron chi connectivity index (χ2n) is 4.17. The highest BCUT2D eigenvalue weighted by Crippen LogP contribution is 2.28. The van der Waals surface area contributed by atoms with Crippen LogP contribution >= 0.6 is 0 Å². The molecule has 70 valence electrons. The van der Waals surface area contributed by atoms with Crippen molar-refractivity contribution in [2.75, 3.05) is 0 Å². The summed E-state index contributed by atoms with van der Waals surface area (Å²) in [6.45, 7) is 12.0. The topological polar surface area (TPSA) is 20.2 Å². The molecule has 0 aromatic rings. The van der Waals surface area contributed by atoms with Crippen molar-refractivity contribution >= 4 is 0 Å². The highest BCUT2D eigenvalue weighted by Gasteiger charge is 2.18. The molecule has 1 atom stereocenters. The molecule has 1 heteroatoms.